The Labute approximate surface area is 149 Å². The lowest BCUT2D eigenvalue weighted by Crippen LogP contribution is -2.40. The highest BCUT2D eigenvalue weighted by molar-refractivity contribution is 5.89. The highest BCUT2D eigenvalue weighted by Crippen LogP contribution is 2.13. The molecular weight excluding hydrogens is 314 g/mol. The molecule has 25 heavy (non-hydrogen) atoms. The number of aromatic nitrogens is 1. The highest BCUT2D eigenvalue weighted by atomic mass is 16.5. The predicted molar refractivity (Wildman–Crippen MR) is 98.9 cm³/mol. The molecule has 134 valence electrons. The van der Waals surface area contributed by atoms with Gasteiger partial charge >= 0.3 is 5.97 Å². The van der Waals surface area contributed by atoms with Crippen LogP contribution in [0.3, 0.4) is 0 Å². The Morgan fingerprint density at radius 3 is 2.40 bits per heavy atom. The molecule has 1 aromatic heterocycles. The minimum Gasteiger partial charge on any atom is -0.465 e. The number of ether oxygens (including phenoxy) is 1. The first-order chi connectivity index (χ1) is 12.0. The number of carbonyl (C=O) groups excluding carboxylic acids is 1. The van der Waals surface area contributed by atoms with Gasteiger partial charge in [0.2, 0.25) is 0 Å². The number of hydrogen-bond acceptors (Lipinski definition) is 5. The average molecular weight is 341 g/mol. The first-order valence-electron chi connectivity index (χ1n) is 8.53. The van der Waals surface area contributed by atoms with Crippen molar-refractivity contribution in [1.82, 2.24) is 9.88 Å². The van der Waals surface area contributed by atoms with E-state index in [1.54, 1.807) is 18.3 Å². The second-order valence-electron chi connectivity index (χ2n) is 6.63. The van der Waals surface area contributed by atoms with Gasteiger partial charge in [0, 0.05) is 38.1 Å². The molecule has 1 atom stereocenters. The van der Waals surface area contributed by atoms with Gasteiger partial charge in [0.05, 0.1) is 12.7 Å². The largest absolute Gasteiger partial charge is 0.465 e. The zero-order valence-electron chi connectivity index (χ0n) is 15.2. The van der Waals surface area contributed by atoms with Crippen LogP contribution in [0.25, 0.3) is 0 Å². The van der Waals surface area contributed by atoms with Crippen LogP contribution in [0.2, 0.25) is 0 Å². The van der Waals surface area contributed by atoms with E-state index >= 15 is 0 Å². The lowest BCUT2D eigenvalue weighted by molar-refractivity contribution is 0.0600. The van der Waals surface area contributed by atoms with Crippen molar-refractivity contribution in [2.45, 2.75) is 33.0 Å². The van der Waals surface area contributed by atoms with Gasteiger partial charge in [-0.15, -0.1) is 0 Å². The zero-order chi connectivity index (χ0) is 18.2. The van der Waals surface area contributed by atoms with Crippen LogP contribution in [0.4, 0.5) is 0 Å². The van der Waals surface area contributed by atoms with Gasteiger partial charge < -0.3 is 10.5 Å². The second-order valence-corrected chi connectivity index (χ2v) is 6.63. The summed E-state index contributed by atoms with van der Waals surface area (Å²) in [6.07, 6.45) is 3.66. The molecule has 0 saturated heterocycles. The fourth-order valence-corrected chi connectivity index (χ4v) is 2.57. The number of carbonyl (C=O) groups is 1. The average Bonchev–Trinajstić information content (AvgIpc) is 2.62. The van der Waals surface area contributed by atoms with E-state index < -0.39 is 0 Å². The molecule has 2 N–H and O–H groups in total. The molecule has 1 aromatic carbocycles. The number of rotatable bonds is 8. The summed E-state index contributed by atoms with van der Waals surface area (Å²) in [5.74, 6) is 0.0960. The van der Waals surface area contributed by atoms with Gasteiger partial charge in [0.25, 0.3) is 0 Å². The number of benzene rings is 1. The number of nitrogens with zero attached hydrogens (tertiary/aromatic N) is 2. The summed E-state index contributed by atoms with van der Waals surface area (Å²) >= 11 is 0. The molecule has 0 aliphatic rings. The molecule has 0 aliphatic carbocycles. The first-order valence-corrected chi connectivity index (χ1v) is 8.53. The lowest BCUT2D eigenvalue weighted by atomic mass is 10.0. The summed E-state index contributed by atoms with van der Waals surface area (Å²) < 4.78 is 4.74. The van der Waals surface area contributed by atoms with Crippen LogP contribution in [-0.4, -0.2) is 35.5 Å². The number of nitrogens with two attached hydrogens (primary N) is 1. The third-order valence-corrected chi connectivity index (χ3v) is 4.24. The summed E-state index contributed by atoms with van der Waals surface area (Å²) in [5, 5.41) is 0. The summed E-state index contributed by atoms with van der Waals surface area (Å²) in [4.78, 5) is 18.1. The van der Waals surface area contributed by atoms with Crippen LogP contribution in [0, 0.1) is 5.92 Å². The molecule has 2 rings (SSSR count). The predicted octanol–water partition coefficient (Wildman–Crippen LogP) is 2.85. The molecule has 0 aliphatic heterocycles. The van der Waals surface area contributed by atoms with Crippen molar-refractivity contribution >= 4 is 5.97 Å². The maximum Gasteiger partial charge on any atom is 0.337 e. The van der Waals surface area contributed by atoms with E-state index in [-0.39, 0.29) is 12.0 Å². The van der Waals surface area contributed by atoms with Gasteiger partial charge in [-0.2, -0.15) is 0 Å². The van der Waals surface area contributed by atoms with Crippen molar-refractivity contribution in [2.75, 3.05) is 13.7 Å². The Balaban J connectivity index is 2.10. The molecule has 2 aromatic rings. The molecule has 1 heterocycles. The molecule has 0 bridgehead atoms. The smallest absolute Gasteiger partial charge is 0.337 e. The van der Waals surface area contributed by atoms with Gasteiger partial charge in [-0.1, -0.05) is 32.0 Å². The fraction of sp³-hybridized carbons (Fsp3) is 0.400. The van der Waals surface area contributed by atoms with E-state index in [1.807, 2.05) is 24.4 Å². The van der Waals surface area contributed by atoms with Gasteiger partial charge in [-0.05, 0) is 35.2 Å². The van der Waals surface area contributed by atoms with Crippen molar-refractivity contribution in [3.63, 3.8) is 0 Å². The normalized spacial score (nSPS) is 12.4. The summed E-state index contributed by atoms with van der Waals surface area (Å²) in [6, 6.07) is 11.6. The number of pyridine rings is 1. The van der Waals surface area contributed by atoms with Gasteiger partial charge in [0.1, 0.15) is 0 Å². The Morgan fingerprint density at radius 1 is 1.16 bits per heavy atom. The Bertz CT molecular complexity index is 656. The van der Waals surface area contributed by atoms with E-state index in [0.29, 0.717) is 11.5 Å². The van der Waals surface area contributed by atoms with Crippen molar-refractivity contribution < 1.29 is 9.53 Å². The molecular formula is C20H27N3O2. The highest BCUT2D eigenvalue weighted by Gasteiger charge is 2.15. The molecule has 0 radical (unpaired) electrons. The van der Waals surface area contributed by atoms with Crippen LogP contribution in [0.5, 0.6) is 0 Å². The lowest BCUT2D eigenvalue weighted by Gasteiger charge is -2.27. The van der Waals surface area contributed by atoms with Crippen molar-refractivity contribution in [3.8, 4) is 0 Å². The van der Waals surface area contributed by atoms with Gasteiger partial charge in [-0.3, -0.25) is 9.88 Å². The topological polar surface area (TPSA) is 68.5 Å². The summed E-state index contributed by atoms with van der Waals surface area (Å²) in [6.45, 7) is 6.62. The SMILES string of the molecule is COC(=O)c1ccc(CN(Cc2cccnc2)C[C@@H](N)C(C)C)cc1. The third-order valence-electron chi connectivity index (χ3n) is 4.24. The van der Waals surface area contributed by atoms with E-state index in [2.05, 4.69) is 29.8 Å². The van der Waals surface area contributed by atoms with Crippen molar-refractivity contribution in [2.24, 2.45) is 11.7 Å². The minimum atomic E-state index is -0.319. The number of hydrogen-bond donors (Lipinski definition) is 1. The summed E-state index contributed by atoms with van der Waals surface area (Å²) in [5.41, 5.74) is 9.14. The van der Waals surface area contributed by atoms with Crippen LogP contribution < -0.4 is 5.73 Å². The third kappa shape index (κ3) is 5.96. The maximum absolute atomic E-state index is 11.6. The standard InChI is InChI=1S/C20H27N3O2/c1-15(2)19(21)14-23(13-17-5-4-10-22-11-17)12-16-6-8-18(9-7-16)20(24)25-3/h4-11,15,19H,12-14,21H2,1-3H3/t19-/m1/s1. The molecule has 0 amide bonds. The van der Waals surface area contributed by atoms with Crippen LogP contribution >= 0.6 is 0 Å². The summed E-state index contributed by atoms with van der Waals surface area (Å²) in [7, 11) is 1.39. The maximum atomic E-state index is 11.6. The van der Waals surface area contributed by atoms with Crippen molar-refractivity contribution in [3.05, 3.63) is 65.5 Å². The van der Waals surface area contributed by atoms with Crippen LogP contribution in [0.1, 0.15) is 35.3 Å². The Morgan fingerprint density at radius 2 is 1.84 bits per heavy atom. The number of esters is 1. The molecule has 5 heteroatoms. The molecule has 5 nitrogen and oxygen atoms in total. The molecule has 0 saturated carbocycles. The second kappa shape index (κ2) is 9.30. The first kappa shape index (κ1) is 19.1. The van der Waals surface area contributed by atoms with E-state index in [4.69, 9.17) is 10.5 Å². The quantitative estimate of drug-likeness (QED) is 0.748. The Kier molecular flexibility index (Phi) is 7.10. The van der Waals surface area contributed by atoms with Crippen LogP contribution in [0.15, 0.2) is 48.8 Å². The molecule has 0 fully saturated rings. The van der Waals surface area contributed by atoms with Crippen LogP contribution in [-0.2, 0) is 17.8 Å². The van der Waals surface area contributed by atoms with E-state index in [9.17, 15) is 4.79 Å². The minimum absolute atomic E-state index is 0.103. The van der Waals surface area contributed by atoms with Gasteiger partial charge in [0.15, 0.2) is 0 Å². The Hall–Kier alpha value is -2.24. The fourth-order valence-electron chi connectivity index (χ4n) is 2.57. The monoisotopic (exact) mass is 341 g/mol. The number of methoxy groups -OCH3 is 1. The molecule has 0 spiro atoms. The van der Waals surface area contributed by atoms with Crippen molar-refractivity contribution in [1.29, 1.82) is 0 Å². The van der Waals surface area contributed by atoms with Gasteiger partial charge in [-0.25, -0.2) is 4.79 Å². The zero-order valence-corrected chi connectivity index (χ0v) is 15.2. The molecule has 0 unspecified atom stereocenters. The van der Waals surface area contributed by atoms with E-state index in [1.165, 1.54) is 7.11 Å². The van der Waals surface area contributed by atoms with E-state index in [0.717, 1.165) is 30.8 Å².